The number of nitrogens with one attached hydrogen (secondary N) is 1. The van der Waals surface area contributed by atoms with Crippen molar-refractivity contribution in [3.63, 3.8) is 0 Å². The Kier molecular flexibility index (Phi) is 8.20. The molecule has 2 aromatic carbocycles. The summed E-state index contributed by atoms with van der Waals surface area (Å²) >= 11 is 0. The fraction of sp³-hybridized carbons (Fsp3) is 0.238. The first-order valence-corrected chi connectivity index (χ1v) is 8.82. The van der Waals surface area contributed by atoms with Crippen molar-refractivity contribution >= 4 is 17.9 Å². The highest BCUT2D eigenvalue weighted by Crippen LogP contribution is 2.13. The zero-order valence-corrected chi connectivity index (χ0v) is 15.7. The predicted molar refractivity (Wildman–Crippen MR) is 106 cm³/mol. The highest BCUT2D eigenvalue weighted by Gasteiger charge is 2.20. The van der Waals surface area contributed by atoms with Gasteiger partial charge in [0.1, 0.15) is 11.4 Å². The Morgan fingerprint density at radius 1 is 1.00 bits per heavy atom. The summed E-state index contributed by atoms with van der Waals surface area (Å²) in [6.45, 7) is -0.415. The number of hydrogen-bond acceptors (Lipinski definition) is 5. The minimum absolute atomic E-state index is 0.0456. The standard InChI is InChI=1S/C21H24N2O5/c1-28-18-9-7-17(8-10-18)20(26)22-19(15-16-5-3-2-4-6-16)21(27)23(11-13-24)12-14-25/h2-10,15,24-25H,11-14H2,1H3,(H,22,26)/b19-15+. The second kappa shape index (κ2) is 10.9. The van der Waals surface area contributed by atoms with Crippen LogP contribution in [0.4, 0.5) is 0 Å². The number of carbonyl (C=O) groups is 2. The lowest BCUT2D eigenvalue weighted by molar-refractivity contribution is -0.128. The topological polar surface area (TPSA) is 99.1 Å². The Morgan fingerprint density at radius 3 is 2.14 bits per heavy atom. The lowest BCUT2D eigenvalue weighted by Crippen LogP contribution is -2.41. The molecule has 0 saturated carbocycles. The molecular weight excluding hydrogens is 360 g/mol. The third-order valence-corrected chi connectivity index (χ3v) is 3.97. The highest BCUT2D eigenvalue weighted by atomic mass is 16.5. The van der Waals surface area contributed by atoms with Crippen molar-refractivity contribution in [1.29, 1.82) is 0 Å². The predicted octanol–water partition coefficient (Wildman–Crippen LogP) is 1.28. The molecule has 2 aromatic rings. The molecule has 0 unspecified atom stereocenters. The van der Waals surface area contributed by atoms with E-state index in [-0.39, 0.29) is 32.0 Å². The molecule has 7 nitrogen and oxygen atoms in total. The molecular formula is C21H24N2O5. The van der Waals surface area contributed by atoms with Gasteiger partial charge in [-0.05, 0) is 35.9 Å². The first-order valence-electron chi connectivity index (χ1n) is 8.82. The van der Waals surface area contributed by atoms with Gasteiger partial charge < -0.3 is 25.2 Å². The second-order valence-electron chi connectivity index (χ2n) is 5.89. The minimum atomic E-state index is -0.492. The van der Waals surface area contributed by atoms with Gasteiger partial charge in [-0.15, -0.1) is 0 Å². The lowest BCUT2D eigenvalue weighted by atomic mass is 10.1. The summed E-state index contributed by atoms with van der Waals surface area (Å²) in [6.07, 6.45) is 1.56. The molecule has 0 bridgehead atoms. The van der Waals surface area contributed by atoms with E-state index in [0.29, 0.717) is 11.3 Å². The molecule has 148 valence electrons. The summed E-state index contributed by atoms with van der Waals surface area (Å²) in [5.74, 6) is -0.329. The summed E-state index contributed by atoms with van der Waals surface area (Å²) in [5.41, 5.74) is 1.14. The van der Waals surface area contributed by atoms with Crippen molar-refractivity contribution in [2.75, 3.05) is 33.4 Å². The van der Waals surface area contributed by atoms with Crippen molar-refractivity contribution in [3.8, 4) is 5.75 Å². The molecule has 28 heavy (non-hydrogen) atoms. The average Bonchev–Trinajstić information content (AvgIpc) is 2.73. The van der Waals surface area contributed by atoms with Crippen LogP contribution in [0, 0.1) is 0 Å². The molecule has 0 aliphatic heterocycles. The highest BCUT2D eigenvalue weighted by molar-refractivity contribution is 6.05. The Morgan fingerprint density at radius 2 is 1.61 bits per heavy atom. The number of methoxy groups -OCH3 is 1. The van der Waals surface area contributed by atoms with Crippen molar-refractivity contribution in [2.45, 2.75) is 0 Å². The normalized spacial score (nSPS) is 11.0. The molecule has 0 saturated heterocycles. The third kappa shape index (κ3) is 5.94. The Balaban J connectivity index is 2.30. The molecule has 3 N–H and O–H groups in total. The molecule has 7 heteroatoms. The van der Waals surface area contributed by atoms with Crippen LogP contribution in [0.3, 0.4) is 0 Å². The van der Waals surface area contributed by atoms with Gasteiger partial charge in [-0.2, -0.15) is 0 Å². The molecule has 2 amide bonds. The quantitative estimate of drug-likeness (QED) is 0.566. The second-order valence-corrected chi connectivity index (χ2v) is 5.89. The lowest BCUT2D eigenvalue weighted by Gasteiger charge is -2.22. The van der Waals surface area contributed by atoms with Crippen LogP contribution >= 0.6 is 0 Å². The van der Waals surface area contributed by atoms with Crippen molar-refractivity contribution in [1.82, 2.24) is 10.2 Å². The summed E-state index contributed by atoms with van der Waals surface area (Å²) in [6, 6.07) is 15.6. The van der Waals surface area contributed by atoms with Gasteiger partial charge in [-0.3, -0.25) is 9.59 Å². The van der Waals surface area contributed by atoms with Gasteiger partial charge in [0.25, 0.3) is 11.8 Å². The van der Waals surface area contributed by atoms with E-state index in [1.165, 1.54) is 12.0 Å². The van der Waals surface area contributed by atoms with E-state index >= 15 is 0 Å². The van der Waals surface area contributed by atoms with Crippen LogP contribution in [0.25, 0.3) is 6.08 Å². The maximum absolute atomic E-state index is 12.9. The van der Waals surface area contributed by atoms with Crippen LogP contribution in [0.15, 0.2) is 60.3 Å². The maximum atomic E-state index is 12.9. The third-order valence-electron chi connectivity index (χ3n) is 3.97. The molecule has 0 fully saturated rings. The largest absolute Gasteiger partial charge is 0.497 e. The van der Waals surface area contributed by atoms with Crippen molar-refractivity contribution in [3.05, 3.63) is 71.4 Å². The van der Waals surface area contributed by atoms with E-state index in [1.807, 2.05) is 18.2 Å². The van der Waals surface area contributed by atoms with Crippen LogP contribution in [-0.2, 0) is 4.79 Å². The zero-order chi connectivity index (χ0) is 20.4. The number of benzene rings is 2. The van der Waals surface area contributed by atoms with Crippen LogP contribution in [-0.4, -0.2) is 60.3 Å². The van der Waals surface area contributed by atoms with E-state index in [2.05, 4.69) is 5.32 Å². The average molecular weight is 384 g/mol. The Hall–Kier alpha value is -3.16. The van der Waals surface area contributed by atoms with E-state index in [0.717, 1.165) is 5.56 Å². The fourth-order valence-electron chi connectivity index (χ4n) is 2.53. The molecule has 0 spiro atoms. The molecule has 0 aliphatic rings. The number of ether oxygens (including phenoxy) is 1. The number of nitrogens with zero attached hydrogens (tertiary/aromatic N) is 1. The van der Waals surface area contributed by atoms with Gasteiger partial charge in [-0.1, -0.05) is 30.3 Å². The summed E-state index contributed by atoms with van der Waals surface area (Å²) in [5, 5.41) is 21.0. The smallest absolute Gasteiger partial charge is 0.270 e. The monoisotopic (exact) mass is 384 g/mol. The van der Waals surface area contributed by atoms with Crippen LogP contribution in [0.1, 0.15) is 15.9 Å². The van der Waals surface area contributed by atoms with Gasteiger partial charge in [0.2, 0.25) is 0 Å². The van der Waals surface area contributed by atoms with E-state index < -0.39 is 11.8 Å². The molecule has 0 radical (unpaired) electrons. The van der Waals surface area contributed by atoms with E-state index in [9.17, 15) is 19.8 Å². The molecule has 0 heterocycles. The molecule has 0 aromatic heterocycles. The first-order chi connectivity index (χ1) is 13.6. The number of rotatable bonds is 9. The van der Waals surface area contributed by atoms with Crippen LogP contribution in [0.5, 0.6) is 5.75 Å². The van der Waals surface area contributed by atoms with Gasteiger partial charge >= 0.3 is 0 Å². The Bertz CT molecular complexity index is 797. The number of aliphatic hydroxyl groups is 2. The molecule has 2 rings (SSSR count). The van der Waals surface area contributed by atoms with Gasteiger partial charge in [-0.25, -0.2) is 0 Å². The van der Waals surface area contributed by atoms with Gasteiger partial charge in [0.05, 0.1) is 20.3 Å². The van der Waals surface area contributed by atoms with Crippen LogP contribution in [0.2, 0.25) is 0 Å². The van der Waals surface area contributed by atoms with E-state index in [1.54, 1.807) is 42.5 Å². The van der Waals surface area contributed by atoms with Crippen molar-refractivity contribution < 1.29 is 24.5 Å². The number of carbonyl (C=O) groups excluding carboxylic acids is 2. The maximum Gasteiger partial charge on any atom is 0.270 e. The summed E-state index contributed by atoms with van der Waals surface area (Å²) in [7, 11) is 1.53. The van der Waals surface area contributed by atoms with E-state index in [4.69, 9.17) is 4.74 Å². The number of hydrogen-bond donors (Lipinski definition) is 3. The summed E-state index contributed by atoms with van der Waals surface area (Å²) < 4.78 is 5.08. The first kappa shape index (κ1) is 21.1. The minimum Gasteiger partial charge on any atom is -0.497 e. The van der Waals surface area contributed by atoms with Crippen molar-refractivity contribution in [2.24, 2.45) is 0 Å². The Labute approximate surface area is 163 Å². The zero-order valence-electron chi connectivity index (χ0n) is 15.7. The number of amides is 2. The number of aliphatic hydroxyl groups excluding tert-OH is 2. The van der Waals surface area contributed by atoms with Gasteiger partial charge in [0.15, 0.2) is 0 Å². The molecule has 0 aliphatic carbocycles. The summed E-state index contributed by atoms with van der Waals surface area (Å²) in [4.78, 5) is 26.8. The van der Waals surface area contributed by atoms with Gasteiger partial charge in [0, 0.05) is 18.7 Å². The SMILES string of the molecule is COc1ccc(C(=O)N/C(=C/c2ccccc2)C(=O)N(CCO)CCO)cc1. The molecule has 0 atom stereocenters. The fourth-order valence-corrected chi connectivity index (χ4v) is 2.53. The van der Waals surface area contributed by atoms with Crippen LogP contribution < -0.4 is 10.1 Å².